The lowest BCUT2D eigenvalue weighted by Crippen LogP contribution is -2.57. The average Bonchev–Trinajstić information content (AvgIpc) is 3.40. The molecule has 0 aliphatic carbocycles. The molecule has 0 saturated carbocycles. The van der Waals surface area contributed by atoms with Crippen molar-refractivity contribution in [2.45, 2.75) is 83.5 Å². The van der Waals surface area contributed by atoms with E-state index in [9.17, 15) is 31.2 Å². The highest BCUT2D eigenvalue weighted by Crippen LogP contribution is 2.31. The highest BCUT2D eigenvalue weighted by Gasteiger charge is 2.41. The molecule has 1 N–H and O–H groups in total. The summed E-state index contributed by atoms with van der Waals surface area (Å²) in [5.74, 6) is -0.744. The zero-order chi connectivity index (χ0) is 31.3. The lowest BCUT2D eigenvalue weighted by Gasteiger charge is -2.37. The molecular weight excluding hydrogens is 567 g/mol. The Morgan fingerprint density at radius 1 is 1.05 bits per heavy atom. The Labute approximate surface area is 247 Å². The van der Waals surface area contributed by atoms with E-state index >= 15 is 0 Å². The molecule has 0 bridgehead atoms. The summed E-state index contributed by atoms with van der Waals surface area (Å²) >= 11 is 0. The number of carbonyl (C=O) groups excluding carboxylic acids is 2. The molecular formula is C31H42F3N3O4S. The van der Waals surface area contributed by atoms with Gasteiger partial charge in [0.25, 0.3) is 0 Å². The van der Waals surface area contributed by atoms with Crippen molar-refractivity contribution in [2.24, 2.45) is 11.3 Å². The number of sulfonamides is 1. The molecule has 2 amide bonds. The normalized spacial score (nSPS) is 17.7. The number of hydrogen-bond donors (Lipinski definition) is 1. The number of benzene rings is 2. The fraction of sp³-hybridized carbons (Fsp3) is 0.548. The van der Waals surface area contributed by atoms with E-state index in [-0.39, 0.29) is 35.7 Å². The van der Waals surface area contributed by atoms with Crippen LogP contribution in [-0.2, 0) is 32.2 Å². The van der Waals surface area contributed by atoms with Gasteiger partial charge in [-0.25, -0.2) is 8.42 Å². The second-order valence-corrected chi connectivity index (χ2v) is 14.0. The zero-order valence-electron chi connectivity index (χ0n) is 24.9. The van der Waals surface area contributed by atoms with Crippen LogP contribution in [0.15, 0.2) is 59.5 Å². The van der Waals surface area contributed by atoms with Crippen LogP contribution in [0.1, 0.15) is 65.0 Å². The average molecular weight is 610 g/mol. The van der Waals surface area contributed by atoms with Crippen LogP contribution in [0, 0.1) is 11.3 Å². The standard InChI is InChI=1S/C31H42F3N3O4S/c1-6-22(2)28(38)35-27(30(3,4)5)29(39)37-19-10-13-25(37)21-36(20-18-23-11-8-7-9-12-23)42(40,41)26-16-14-24(15-17-26)31(32,33)34/h7-9,11-12,14-17,22,25,27H,6,10,13,18-21H2,1-5H3,(H,35,38)/t22-,25+,27-/m1/s1. The quantitative estimate of drug-likeness (QED) is 0.364. The summed E-state index contributed by atoms with van der Waals surface area (Å²) in [6.07, 6.45) is -2.35. The molecule has 1 aliphatic heterocycles. The van der Waals surface area contributed by atoms with E-state index < -0.39 is 39.3 Å². The molecule has 232 valence electrons. The van der Waals surface area contributed by atoms with E-state index in [2.05, 4.69) is 5.32 Å². The summed E-state index contributed by atoms with van der Waals surface area (Å²) < 4.78 is 68.3. The van der Waals surface area contributed by atoms with Crippen LogP contribution in [-0.4, -0.2) is 61.2 Å². The van der Waals surface area contributed by atoms with Gasteiger partial charge in [-0.05, 0) is 60.9 Å². The molecule has 1 aliphatic rings. The molecule has 0 spiro atoms. The van der Waals surface area contributed by atoms with E-state index in [0.717, 1.165) is 29.8 Å². The second kappa shape index (κ2) is 13.6. The molecule has 0 unspecified atom stereocenters. The minimum atomic E-state index is -4.59. The van der Waals surface area contributed by atoms with Crippen molar-refractivity contribution in [3.8, 4) is 0 Å². The van der Waals surface area contributed by atoms with Crippen LogP contribution in [0.4, 0.5) is 13.2 Å². The van der Waals surface area contributed by atoms with Crippen molar-refractivity contribution < 1.29 is 31.2 Å². The van der Waals surface area contributed by atoms with Crippen molar-refractivity contribution >= 4 is 21.8 Å². The molecule has 0 radical (unpaired) electrons. The predicted octanol–water partition coefficient (Wildman–Crippen LogP) is 5.51. The lowest BCUT2D eigenvalue weighted by molar-refractivity contribution is -0.141. The van der Waals surface area contributed by atoms with Crippen molar-refractivity contribution in [3.63, 3.8) is 0 Å². The minimum Gasteiger partial charge on any atom is -0.344 e. The maximum Gasteiger partial charge on any atom is 0.416 e. The first-order valence-corrected chi connectivity index (χ1v) is 15.8. The number of carbonyl (C=O) groups is 2. The van der Waals surface area contributed by atoms with Gasteiger partial charge in [0.15, 0.2) is 0 Å². The van der Waals surface area contributed by atoms with Crippen LogP contribution < -0.4 is 5.32 Å². The number of halogens is 3. The van der Waals surface area contributed by atoms with Crippen molar-refractivity contribution in [2.75, 3.05) is 19.6 Å². The largest absolute Gasteiger partial charge is 0.416 e. The molecule has 11 heteroatoms. The van der Waals surface area contributed by atoms with Gasteiger partial charge in [-0.1, -0.05) is 65.0 Å². The number of likely N-dealkylation sites (tertiary alicyclic amines) is 1. The Morgan fingerprint density at radius 3 is 2.21 bits per heavy atom. The van der Waals surface area contributed by atoms with Crippen molar-refractivity contribution in [3.05, 3.63) is 65.7 Å². The first kappa shape index (κ1) is 33.6. The molecule has 3 rings (SSSR count). The molecule has 1 saturated heterocycles. The summed E-state index contributed by atoms with van der Waals surface area (Å²) in [6, 6.07) is 11.5. The van der Waals surface area contributed by atoms with Gasteiger partial charge in [0.05, 0.1) is 10.5 Å². The smallest absolute Gasteiger partial charge is 0.344 e. The van der Waals surface area contributed by atoms with Crippen LogP contribution in [0.5, 0.6) is 0 Å². The Balaban J connectivity index is 1.90. The third kappa shape index (κ3) is 8.34. The Bertz CT molecular complexity index is 1310. The number of alkyl halides is 3. The Kier molecular flexibility index (Phi) is 10.9. The van der Waals surface area contributed by atoms with E-state index in [1.807, 2.05) is 58.0 Å². The first-order valence-electron chi connectivity index (χ1n) is 14.4. The fourth-order valence-corrected chi connectivity index (χ4v) is 6.49. The number of nitrogens with one attached hydrogen (secondary N) is 1. The van der Waals surface area contributed by atoms with E-state index in [4.69, 9.17) is 0 Å². The van der Waals surface area contributed by atoms with Gasteiger partial charge in [0, 0.05) is 31.6 Å². The molecule has 42 heavy (non-hydrogen) atoms. The third-order valence-corrected chi connectivity index (χ3v) is 9.73. The monoisotopic (exact) mass is 609 g/mol. The van der Waals surface area contributed by atoms with Gasteiger partial charge in [0.1, 0.15) is 6.04 Å². The zero-order valence-corrected chi connectivity index (χ0v) is 25.8. The molecule has 7 nitrogen and oxygen atoms in total. The van der Waals surface area contributed by atoms with Crippen LogP contribution in [0.2, 0.25) is 0 Å². The molecule has 2 aromatic carbocycles. The fourth-order valence-electron chi connectivity index (χ4n) is 5.01. The molecule has 3 atom stereocenters. The van der Waals surface area contributed by atoms with Gasteiger partial charge in [-0.2, -0.15) is 17.5 Å². The number of hydrogen-bond acceptors (Lipinski definition) is 4. The van der Waals surface area contributed by atoms with Gasteiger partial charge >= 0.3 is 6.18 Å². The molecule has 0 aromatic heterocycles. The summed E-state index contributed by atoms with van der Waals surface area (Å²) in [5.41, 5.74) is -0.616. The topological polar surface area (TPSA) is 86.8 Å². The van der Waals surface area contributed by atoms with E-state index in [0.29, 0.717) is 32.2 Å². The summed E-state index contributed by atoms with van der Waals surface area (Å²) in [6.45, 7) is 9.81. The maximum absolute atomic E-state index is 13.9. The second-order valence-electron chi connectivity index (χ2n) is 12.1. The Morgan fingerprint density at radius 2 is 1.67 bits per heavy atom. The van der Waals surface area contributed by atoms with Crippen molar-refractivity contribution in [1.29, 1.82) is 0 Å². The summed E-state index contributed by atoms with van der Waals surface area (Å²) in [7, 11) is -4.19. The lowest BCUT2D eigenvalue weighted by atomic mass is 9.85. The molecule has 1 heterocycles. The van der Waals surface area contributed by atoms with E-state index in [1.165, 1.54) is 4.31 Å². The summed E-state index contributed by atoms with van der Waals surface area (Å²) in [4.78, 5) is 28.1. The molecule has 1 fully saturated rings. The number of nitrogens with zero attached hydrogens (tertiary/aromatic N) is 2. The van der Waals surface area contributed by atoms with Gasteiger partial charge in [-0.15, -0.1) is 0 Å². The van der Waals surface area contributed by atoms with Crippen LogP contribution in [0.25, 0.3) is 0 Å². The number of rotatable bonds is 11. The SMILES string of the molecule is CC[C@@H](C)C(=O)N[C@H](C(=O)N1CCC[C@H]1CN(CCc1ccccc1)S(=O)(=O)c1ccc(C(F)(F)F)cc1)C(C)(C)C. The van der Waals surface area contributed by atoms with Crippen LogP contribution in [0.3, 0.4) is 0 Å². The number of amides is 2. The third-order valence-electron chi connectivity index (χ3n) is 7.85. The first-order chi connectivity index (χ1) is 19.6. The molecule has 2 aromatic rings. The Hall–Kier alpha value is -2.92. The highest BCUT2D eigenvalue weighted by molar-refractivity contribution is 7.89. The maximum atomic E-state index is 13.9. The highest BCUT2D eigenvalue weighted by atomic mass is 32.2. The van der Waals surface area contributed by atoms with Crippen molar-refractivity contribution in [1.82, 2.24) is 14.5 Å². The van der Waals surface area contributed by atoms with E-state index in [1.54, 1.807) is 11.8 Å². The summed E-state index contributed by atoms with van der Waals surface area (Å²) in [5, 5.41) is 2.92. The van der Waals surface area contributed by atoms with Crippen LogP contribution >= 0.6 is 0 Å². The van der Waals surface area contributed by atoms with Gasteiger partial charge < -0.3 is 10.2 Å². The minimum absolute atomic E-state index is 0.0158. The van der Waals surface area contributed by atoms with Gasteiger partial charge in [0.2, 0.25) is 21.8 Å². The van der Waals surface area contributed by atoms with Gasteiger partial charge in [-0.3, -0.25) is 9.59 Å². The predicted molar refractivity (Wildman–Crippen MR) is 156 cm³/mol.